The standard InChI is InChI=1S/C15H19NO5/c1-15(7-11(8-15)19-2)21-13-5-4-10(14(18)20-3)6-12(13)16-9-17/h4-6,9,11H,7-8H2,1-3H3,(H,16,17). The van der Waals surface area contributed by atoms with Crippen LogP contribution in [0.15, 0.2) is 18.2 Å². The van der Waals surface area contributed by atoms with Crippen LogP contribution in [-0.4, -0.2) is 38.3 Å². The highest BCUT2D eigenvalue weighted by molar-refractivity contribution is 5.92. The van der Waals surface area contributed by atoms with Crippen molar-refractivity contribution in [3.05, 3.63) is 23.8 Å². The smallest absolute Gasteiger partial charge is 0.337 e. The number of carbonyl (C=O) groups is 2. The third kappa shape index (κ3) is 3.33. The van der Waals surface area contributed by atoms with Crippen LogP contribution < -0.4 is 10.1 Å². The molecule has 1 fully saturated rings. The largest absolute Gasteiger partial charge is 0.485 e. The van der Waals surface area contributed by atoms with E-state index >= 15 is 0 Å². The van der Waals surface area contributed by atoms with Gasteiger partial charge in [0.2, 0.25) is 6.41 Å². The highest BCUT2D eigenvalue weighted by atomic mass is 16.5. The van der Waals surface area contributed by atoms with Crippen molar-refractivity contribution in [1.82, 2.24) is 0 Å². The normalized spacial score (nSPS) is 23.9. The zero-order valence-corrected chi connectivity index (χ0v) is 12.3. The summed E-state index contributed by atoms with van der Waals surface area (Å²) in [5.74, 6) is 0.0524. The Kier molecular flexibility index (Phi) is 4.47. The second-order valence-corrected chi connectivity index (χ2v) is 5.28. The lowest BCUT2D eigenvalue weighted by atomic mass is 9.79. The van der Waals surface area contributed by atoms with Crippen molar-refractivity contribution in [3.8, 4) is 5.75 Å². The molecule has 114 valence electrons. The number of nitrogens with one attached hydrogen (secondary N) is 1. The predicted molar refractivity (Wildman–Crippen MR) is 76.5 cm³/mol. The number of carbonyl (C=O) groups excluding carboxylic acids is 2. The molecule has 21 heavy (non-hydrogen) atoms. The third-order valence-corrected chi connectivity index (χ3v) is 3.62. The first-order valence-electron chi connectivity index (χ1n) is 6.65. The molecule has 1 N–H and O–H groups in total. The van der Waals surface area contributed by atoms with Crippen LogP contribution in [0.5, 0.6) is 5.75 Å². The first-order chi connectivity index (χ1) is 10.0. The molecule has 0 spiro atoms. The van der Waals surface area contributed by atoms with Crippen molar-refractivity contribution < 1.29 is 23.8 Å². The van der Waals surface area contributed by atoms with Gasteiger partial charge in [0.15, 0.2) is 0 Å². The molecule has 6 heteroatoms. The monoisotopic (exact) mass is 293 g/mol. The number of esters is 1. The summed E-state index contributed by atoms with van der Waals surface area (Å²) in [4.78, 5) is 22.2. The van der Waals surface area contributed by atoms with Crippen molar-refractivity contribution in [2.45, 2.75) is 31.5 Å². The Hall–Kier alpha value is -2.08. The summed E-state index contributed by atoms with van der Waals surface area (Å²) in [5.41, 5.74) is 0.463. The van der Waals surface area contributed by atoms with Crippen LogP contribution in [0.1, 0.15) is 30.1 Å². The van der Waals surface area contributed by atoms with Crippen molar-refractivity contribution in [1.29, 1.82) is 0 Å². The van der Waals surface area contributed by atoms with Gasteiger partial charge < -0.3 is 19.5 Å². The summed E-state index contributed by atoms with van der Waals surface area (Å²) in [5, 5.41) is 2.55. The molecule has 0 bridgehead atoms. The van der Waals surface area contributed by atoms with Gasteiger partial charge >= 0.3 is 5.97 Å². The fourth-order valence-electron chi connectivity index (χ4n) is 2.46. The molecule has 0 heterocycles. The summed E-state index contributed by atoms with van der Waals surface area (Å²) in [7, 11) is 2.98. The maximum absolute atomic E-state index is 11.5. The van der Waals surface area contributed by atoms with Gasteiger partial charge in [0.05, 0.1) is 24.5 Å². The molecule has 0 unspecified atom stereocenters. The maximum Gasteiger partial charge on any atom is 0.337 e. The minimum Gasteiger partial charge on any atom is -0.485 e. The number of benzene rings is 1. The third-order valence-electron chi connectivity index (χ3n) is 3.62. The number of methoxy groups -OCH3 is 2. The van der Waals surface area contributed by atoms with E-state index < -0.39 is 5.97 Å². The molecule has 0 saturated heterocycles. The topological polar surface area (TPSA) is 73.9 Å². The van der Waals surface area contributed by atoms with Crippen LogP contribution in [0.2, 0.25) is 0 Å². The molecular formula is C15H19NO5. The van der Waals surface area contributed by atoms with E-state index in [1.807, 2.05) is 6.92 Å². The van der Waals surface area contributed by atoms with E-state index in [9.17, 15) is 9.59 Å². The molecule has 1 aromatic rings. The van der Waals surface area contributed by atoms with Gasteiger partial charge in [0.1, 0.15) is 11.4 Å². The molecule has 0 aliphatic heterocycles. The van der Waals surface area contributed by atoms with Crippen LogP contribution in [0.25, 0.3) is 0 Å². The van der Waals surface area contributed by atoms with E-state index in [0.29, 0.717) is 23.4 Å². The first kappa shape index (κ1) is 15.3. The van der Waals surface area contributed by atoms with Crippen molar-refractivity contribution >= 4 is 18.1 Å². The molecule has 2 rings (SSSR count). The number of anilines is 1. The van der Waals surface area contributed by atoms with Crippen molar-refractivity contribution in [2.75, 3.05) is 19.5 Å². The SMILES string of the molecule is COC(=O)c1ccc(OC2(C)CC(OC)C2)c(NC=O)c1. The molecule has 1 aromatic carbocycles. The summed E-state index contributed by atoms with van der Waals surface area (Å²) in [6.45, 7) is 1.99. The lowest BCUT2D eigenvalue weighted by molar-refractivity contribution is -0.105. The number of rotatable bonds is 6. The van der Waals surface area contributed by atoms with Crippen LogP contribution in [0.4, 0.5) is 5.69 Å². The van der Waals surface area contributed by atoms with Crippen molar-refractivity contribution in [2.24, 2.45) is 0 Å². The molecule has 1 saturated carbocycles. The Balaban J connectivity index is 2.19. The van der Waals surface area contributed by atoms with Gasteiger partial charge in [0.25, 0.3) is 0 Å². The zero-order chi connectivity index (χ0) is 15.5. The Morgan fingerprint density at radius 3 is 2.67 bits per heavy atom. The van der Waals surface area contributed by atoms with E-state index in [1.54, 1.807) is 19.2 Å². The van der Waals surface area contributed by atoms with E-state index in [4.69, 9.17) is 9.47 Å². The quantitative estimate of drug-likeness (QED) is 0.641. The van der Waals surface area contributed by atoms with Gasteiger partial charge in [0, 0.05) is 20.0 Å². The Morgan fingerprint density at radius 2 is 2.10 bits per heavy atom. The molecule has 0 radical (unpaired) electrons. The van der Waals surface area contributed by atoms with Gasteiger partial charge in [-0.2, -0.15) is 0 Å². The lowest BCUT2D eigenvalue weighted by Gasteiger charge is -2.44. The summed E-state index contributed by atoms with van der Waals surface area (Å²) >= 11 is 0. The number of hydrogen-bond acceptors (Lipinski definition) is 5. The molecule has 0 aromatic heterocycles. The van der Waals surface area contributed by atoms with E-state index in [-0.39, 0.29) is 11.7 Å². The molecule has 6 nitrogen and oxygen atoms in total. The van der Waals surface area contributed by atoms with Crippen molar-refractivity contribution in [3.63, 3.8) is 0 Å². The minimum absolute atomic E-state index is 0.201. The van der Waals surface area contributed by atoms with Crippen LogP contribution >= 0.6 is 0 Å². The summed E-state index contributed by atoms with van der Waals surface area (Å²) < 4.78 is 15.9. The van der Waals surface area contributed by atoms with Crippen LogP contribution in [0.3, 0.4) is 0 Å². The Labute approximate surface area is 123 Å². The molecular weight excluding hydrogens is 274 g/mol. The lowest BCUT2D eigenvalue weighted by Crippen LogP contribution is -2.50. The molecule has 1 aliphatic rings. The number of amides is 1. The Bertz CT molecular complexity index is 537. The van der Waals surface area contributed by atoms with Gasteiger partial charge in [-0.3, -0.25) is 4.79 Å². The van der Waals surface area contributed by atoms with Gasteiger partial charge in [-0.05, 0) is 25.1 Å². The average Bonchev–Trinajstić information content (AvgIpc) is 2.45. The van der Waals surface area contributed by atoms with Crippen LogP contribution in [-0.2, 0) is 14.3 Å². The van der Waals surface area contributed by atoms with Gasteiger partial charge in [-0.1, -0.05) is 0 Å². The second-order valence-electron chi connectivity index (χ2n) is 5.28. The molecule has 1 amide bonds. The highest BCUT2D eigenvalue weighted by Crippen LogP contribution is 2.40. The van der Waals surface area contributed by atoms with Gasteiger partial charge in [-0.25, -0.2) is 4.79 Å². The highest BCUT2D eigenvalue weighted by Gasteiger charge is 2.43. The summed E-state index contributed by atoms with van der Waals surface area (Å²) in [6, 6.07) is 4.79. The van der Waals surface area contributed by atoms with Crippen LogP contribution in [0, 0.1) is 0 Å². The maximum atomic E-state index is 11.5. The molecule has 0 atom stereocenters. The zero-order valence-electron chi connectivity index (χ0n) is 12.3. The minimum atomic E-state index is -0.468. The fraction of sp³-hybridized carbons (Fsp3) is 0.467. The van der Waals surface area contributed by atoms with Gasteiger partial charge in [-0.15, -0.1) is 0 Å². The van der Waals surface area contributed by atoms with E-state index in [1.165, 1.54) is 13.2 Å². The number of hydrogen-bond donors (Lipinski definition) is 1. The molecule has 1 aliphatic carbocycles. The average molecular weight is 293 g/mol. The fourth-order valence-corrected chi connectivity index (χ4v) is 2.46. The van der Waals surface area contributed by atoms with E-state index in [0.717, 1.165) is 12.8 Å². The summed E-state index contributed by atoms with van der Waals surface area (Å²) in [6.07, 6.45) is 2.31. The Morgan fingerprint density at radius 1 is 1.38 bits per heavy atom. The van der Waals surface area contributed by atoms with E-state index in [2.05, 4.69) is 10.1 Å². The second kappa shape index (κ2) is 6.13. The predicted octanol–water partition coefficient (Wildman–Crippen LogP) is 1.99. The number of ether oxygens (including phenoxy) is 3. The first-order valence-corrected chi connectivity index (χ1v) is 6.65.